The van der Waals surface area contributed by atoms with E-state index in [1.165, 1.54) is 0 Å². The Kier molecular flexibility index (Phi) is 16.9. The largest absolute Gasteiger partial charge is 0.459 e. The first-order valence-electron chi connectivity index (χ1n) is 14.7. The number of rotatable bonds is 12. The molecule has 1 fully saturated rings. The minimum atomic E-state index is -0.617. The van der Waals surface area contributed by atoms with E-state index in [-0.39, 0.29) is 30.1 Å². The number of amides is 1. The zero-order chi connectivity index (χ0) is 29.0. The molecule has 1 N–H and O–H groups in total. The fraction of sp³-hybridized carbons (Fsp3) is 0.700. The highest BCUT2D eigenvalue weighted by Gasteiger charge is 2.39. The number of benzene rings is 1. The van der Waals surface area contributed by atoms with Crippen molar-refractivity contribution in [3.63, 3.8) is 0 Å². The van der Waals surface area contributed by atoms with E-state index in [0.29, 0.717) is 105 Å². The number of hydrogen-bond acceptors (Lipinski definition) is 10. The van der Waals surface area contributed by atoms with Gasteiger partial charge in [-0.25, -0.2) is 0 Å². The van der Waals surface area contributed by atoms with Crippen molar-refractivity contribution in [2.75, 3.05) is 106 Å². The molecule has 11 heteroatoms. The zero-order valence-corrected chi connectivity index (χ0v) is 24.3. The summed E-state index contributed by atoms with van der Waals surface area (Å²) in [6.45, 7) is 8.34. The molecule has 1 aromatic rings. The molecule has 0 spiro atoms. The van der Waals surface area contributed by atoms with Crippen LogP contribution >= 0.6 is 0 Å². The second-order valence-electron chi connectivity index (χ2n) is 9.55. The smallest absolute Gasteiger partial charge is 0.288 e. The highest BCUT2D eigenvalue weighted by Crippen LogP contribution is 2.39. The van der Waals surface area contributed by atoms with Crippen LogP contribution in [0.3, 0.4) is 0 Å². The van der Waals surface area contributed by atoms with Gasteiger partial charge in [-0.1, -0.05) is 30.3 Å². The Labute approximate surface area is 243 Å². The van der Waals surface area contributed by atoms with E-state index < -0.39 is 6.29 Å². The highest BCUT2D eigenvalue weighted by atomic mass is 16.7. The zero-order valence-electron chi connectivity index (χ0n) is 24.3. The number of carbonyl (C=O) groups is 1. The van der Waals surface area contributed by atoms with Crippen molar-refractivity contribution in [3.8, 4) is 0 Å². The average molecular weight is 582 g/mol. The van der Waals surface area contributed by atoms with Crippen LogP contribution < -0.4 is 0 Å². The first-order valence-corrected chi connectivity index (χ1v) is 14.7. The van der Waals surface area contributed by atoms with Gasteiger partial charge in [0.25, 0.3) is 5.91 Å². The van der Waals surface area contributed by atoms with E-state index >= 15 is 0 Å². The van der Waals surface area contributed by atoms with E-state index in [9.17, 15) is 4.79 Å². The normalized spacial score (nSPS) is 23.6. The third kappa shape index (κ3) is 12.4. The Balaban J connectivity index is 1.73. The van der Waals surface area contributed by atoms with Crippen LogP contribution in [0.15, 0.2) is 42.2 Å². The van der Waals surface area contributed by atoms with Gasteiger partial charge in [0, 0.05) is 38.1 Å². The lowest BCUT2D eigenvalue weighted by molar-refractivity contribution is -0.172. The second-order valence-corrected chi connectivity index (χ2v) is 9.55. The number of nitrogens with zero attached hydrogens (tertiary/aromatic N) is 1. The summed E-state index contributed by atoms with van der Waals surface area (Å²) in [4.78, 5) is 15.5. The Morgan fingerprint density at radius 1 is 0.854 bits per heavy atom. The van der Waals surface area contributed by atoms with Gasteiger partial charge in [0.1, 0.15) is 0 Å². The van der Waals surface area contributed by atoms with Crippen LogP contribution in [0.25, 0.3) is 0 Å². The molecular formula is C30H47NO10. The highest BCUT2D eigenvalue weighted by molar-refractivity contribution is 5.91. The SMILES string of the molecule is CCO[C@H]1OC(C(=O)N2CCOCCOCCOCCOCC2)=C[C@@H](c2ccccc2)[C@@H]1CCOCCOCCO. The fourth-order valence-corrected chi connectivity index (χ4v) is 4.67. The molecule has 3 rings (SSSR count). The molecule has 0 saturated carbocycles. The van der Waals surface area contributed by atoms with Gasteiger partial charge in [-0.15, -0.1) is 0 Å². The molecule has 2 aliphatic heterocycles. The van der Waals surface area contributed by atoms with Crippen molar-refractivity contribution in [1.82, 2.24) is 4.90 Å². The van der Waals surface area contributed by atoms with Gasteiger partial charge in [0.2, 0.25) is 6.29 Å². The second kappa shape index (κ2) is 20.7. The summed E-state index contributed by atoms with van der Waals surface area (Å²) in [7, 11) is 0. The lowest BCUT2D eigenvalue weighted by atomic mass is 9.81. The molecule has 11 nitrogen and oxygen atoms in total. The Morgan fingerprint density at radius 3 is 2.02 bits per heavy atom. The Bertz CT molecular complexity index is 839. The predicted molar refractivity (Wildman–Crippen MR) is 150 cm³/mol. The summed E-state index contributed by atoms with van der Waals surface area (Å²) >= 11 is 0. The van der Waals surface area contributed by atoms with Crippen LogP contribution in [0, 0.1) is 5.92 Å². The van der Waals surface area contributed by atoms with Crippen molar-refractivity contribution >= 4 is 5.91 Å². The van der Waals surface area contributed by atoms with E-state index in [4.69, 9.17) is 43.0 Å². The van der Waals surface area contributed by atoms with Crippen molar-refractivity contribution in [1.29, 1.82) is 0 Å². The van der Waals surface area contributed by atoms with Gasteiger partial charge in [-0.2, -0.15) is 0 Å². The number of aliphatic hydroxyl groups excluding tert-OH is 1. The van der Waals surface area contributed by atoms with Gasteiger partial charge >= 0.3 is 0 Å². The van der Waals surface area contributed by atoms with E-state index in [1.54, 1.807) is 4.90 Å². The summed E-state index contributed by atoms with van der Waals surface area (Å²) in [5.74, 6) is -0.145. The molecule has 0 aliphatic carbocycles. The monoisotopic (exact) mass is 581 g/mol. The van der Waals surface area contributed by atoms with Gasteiger partial charge in [0.05, 0.1) is 79.3 Å². The third-order valence-electron chi connectivity index (χ3n) is 6.73. The summed E-state index contributed by atoms with van der Waals surface area (Å²) in [6, 6.07) is 10.1. The van der Waals surface area contributed by atoms with Crippen LogP contribution in [0.4, 0.5) is 0 Å². The Hall–Kier alpha value is -2.09. The van der Waals surface area contributed by atoms with Crippen molar-refractivity contribution in [2.24, 2.45) is 5.92 Å². The molecule has 2 heterocycles. The lowest BCUT2D eigenvalue weighted by Crippen LogP contribution is -2.43. The summed E-state index contributed by atoms with van der Waals surface area (Å²) < 4.78 is 45.8. The molecule has 0 aromatic heterocycles. The molecule has 1 amide bonds. The van der Waals surface area contributed by atoms with Gasteiger partial charge in [-0.3, -0.25) is 4.79 Å². The van der Waals surface area contributed by atoms with Crippen molar-refractivity contribution in [3.05, 3.63) is 47.7 Å². The third-order valence-corrected chi connectivity index (χ3v) is 6.73. The first-order chi connectivity index (χ1) is 20.2. The van der Waals surface area contributed by atoms with Crippen LogP contribution in [0.1, 0.15) is 24.8 Å². The number of aliphatic hydroxyl groups is 1. The summed E-state index contributed by atoms with van der Waals surface area (Å²) in [5, 5.41) is 8.85. The van der Waals surface area contributed by atoms with Crippen LogP contribution in [-0.4, -0.2) is 128 Å². The predicted octanol–water partition coefficient (Wildman–Crippen LogP) is 1.99. The number of ether oxygens (including phenoxy) is 8. The number of hydrogen-bond donors (Lipinski definition) is 1. The molecular weight excluding hydrogens is 534 g/mol. The minimum absolute atomic E-state index is 0.0109. The Morgan fingerprint density at radius 2 is 1.44 bits per heavy atom. The standard InChI is InChI=1S/C30H47NO10/c1-2-40-30-26(8-12-34-16-19-37-15-11-32)27(25-6-4-3-5-7-25)24-28(41-30)29(33)31-9-13-35-17-20-38-22-23-39-21-18-36-14-10-31/h3-7,24,26-27,30,32H,2,8-23H2,1H3/t26-,27-,30-/m0/s1. The van der Waals surface area contributed by atoms with Crippen LogP contribution in [0.2, 0.25) is 0 Å². The van der Waals surface area contributed by atoms with E-state index in [0.717, 1.165) is 5.56 Å². The average Bonchev–Trinajstić information content (AvgIpc) is 3.01. The minimum Gasteiger partial charge on any atom is -0.459 e. The fourth-order valence-electron chi connectivity index (χ4n) is 4.67. The van der Waals surface area contributed by atoms with Crippen molar-refractivity contribution in [2.45, 2.75) is 25.6 Å². The summed E-state index contributed by atoms with van der Waals surface area (Å²) in [6.07, 6.45) is 1.97. The molecule has 1 aromatic carbocycles. The molecule has 41 heavy (non-hydrogen) atoms. The molecule has 1 saturated heterocycles. The van der Waals surface area contributed by atoms with Crippen LogP contribution in [-0.2, 0) is 42.7 Å². The van der Waals surface area contributed by atoms with Gasteiger partial charge < -0.3 is 47.9 Å². The van der Waals surface area contributed by atoms with Gasteiger partial charge in [0.15, 0.2) is 5.76 Å². The summed E-state index contributed by atoms with van der Waals surface area (Å²) in [5.41, 5.74) is 1.07. The van der Waals surface area contributed by atoms with E-state index in [2.05, 4.69) is 12.1 Å². The maximum atomic E-state index is 13.8. The molecule has 3 atom stereocenters. The van der Waals surface area contributed by atoms with Crippen LogP contribution in [0.5, 0.6) is 0 Å². The number of allylic oxidation sites excluding steroid dienone is 1. The number of carbonyl (C=O) groups excluding carboxylic acids is 1. The molecule has 2 aliphatic rings. The molecule has 232 valence electrons. The van der Waals surface area contributed by atoms with Crippen molar-refractivity contribution < 1.29 is 47.8 Å². The maximum Gasteiger partial charge on any atom is 0.288 e. The first kappa shape index (κ1) is 33.4. The quantitative estimate of drug-likeness (QED) is 0.368. The van der Waals surface area contributed by atoms with Gasteiger partial charge in [-0.05, 0) is 25.0 Å². The van der Waals surface area contributed by atoms with E-state index in [1.807, 2.05) is 31.2 Å². The lowest BCUT2D eigenvalue weighted by Gasteiger charge is -2.38. The molecule has 0 unspecified atom stereocenters. The molecule has 0 bridgehead atoms. The topological polar surface area (TPSA) is 114 Å². The molecule has 0 radical (unpaired) electrons. The maximum absolute atomic E-state index is 13.8.